The highest BCUT2D eigenvalue weighted by molar-refractivity contribution is 14.0. The molecule has 1 saturated carbocycles. The van der Waals surface area contributed by atoms with Crippen LogP contribution >= 0.6 is 35.6 Å². The van der Waals surface area contributed by atoms with Gasteiger partial charge in [0.25, 0.3) is 0 Å². The van der Waals surface area contributed by atoms with E-state index in [2.05, 4.69) is 32.9 Å². The highest BCUT2D eigenvalue weighted by Gasteiger charge is 2.44. The van der Waals surface area contributed by atoms with Crippen LogP contribution in [0.15, 0.2) is 41.5 Å². The lowest BCUT2D eigenvalue weighted by Crippen LogP contribution is -2.41. The molecule has 1 aromatic carbocycles. The van der Waals surface area contributed by atoms with Crippen LogP contribution in [0.2, 0.25) is 5.02 Å². The highest BCUT2D eigenvalue weighted by Crippen LogP contribution is 2.48. The average Bonchev–Trinajstić information content (AvgIpc) is 3.24. The number of nitrogens with one attached hydrogen (secondary N) is 2. The van der Waals surface area contributed by atoms with Gasteiger partial charge < -0.3 is 10.6 Å². The Morgan fingerprint density at radius 1 is 1.33 bits per heavy atom. The third kappa shape index (κ3) is 4.42. The van der Waals surface area contributed by atoms with Crippen LogP contribution < -0.4 is 10.6 Å². The summed E-state index contributed by atoms with van der Waals surface area (Å²) < 4.78 is 1.86. The molecule has 1 aliphatic rings. The fourth-order valence-corrected chi connectivity index (χ4v) is 2.95. The maximum Gasteiger partial charge on any atom is 0.191 e. The zero-order valence-corrected chi connectivity index (χ0v) is 17.0. The van der Waals surface area contributed by atoms with Gasteiger partial charge >= 0.3 is 0 Å². The van der Waals surface area contributed by atoms with Gasteiger partial charge in [0.15, 0.2) is 5.96 Å². The molecule has 24 heavy (non-hydrogen) atoms. The number of hydrogen-bond acceptors (Lipinski definition) is 2. The topological polar surface area (TPSA) is 54.2 Å². The first-order chi connectivity index (χ1) is 11.1. The second kappa shape index (κ2) is 8.20. The molecule has 1 aliphatic carbocycles. The van der Waals surface area contributed by atoms with Gasteiger partial charge in [0.1, 0.15) is 0 Å². The molecule has 0 bridgehead atoms. The minimum absolute atomic E-state index is 0. The Morgan fingerprint density at radius 2 is 2.12 bits per heavy atom. The minimum Gasteiger partial charge on any atom is -0.356 e. The molecule has 0 atom stereocenters. The third-order valence-corrected chi connectivity index (χ3v) is 4.70. The van der Waals surface area contributed by atoms with Crippen molar-refractivity contribution in [3.8, 4) is 0 Å². The first kappa shape index (κ1) is 19.1. The molecule has 0 unspecified atom stereocenters. The van der Waals surface area contributed by atoms with Crippen LogP contribution in [0.25, 0.3) is 0 Å². The SMILES string of the molecule is CN=C(NCc1ccnn1C)NCC1(c2cccc(Cl)c2)CC1.I. The molecule has 1 heterocycles. The standard InChI is InChI=1S/C17H22ClN5.HI/c1-19-16(20-11-15-6-9-22-23(15)2)21-12-17(7-8-17)13-4-3-5-14(18)10-13;/h3-6,9-10H,7-8,11-12H2,1-2H3,(H2,19,20,21);1H. The largest absolute Gasteiger partial charge is 0.356 e. The second-order valence-electron chi connectivity index (χ2n) is 6.02. The van der Waals surface area contributed by atoms with Crippen molar-refractivity contribution in [2.24, 2.45) is 12.0 Å². The van der Waals surface area contributed by atoms with Crippen molar-refractivity contribution in [2.75, 3.05) is 13.6 Å². The first-order valence-electron chi connectivity index (χ1n) is 7.80. The van der Waals surface area contributed by atoms with Crippen LogP contribution in [0.1, 0.15) is 24.1 Å². The highest BCUT2D eigenvalue weighted by atomic mass is 127. The van der Waals surface area contributed by atoms with Crippen molar-refractivity contribution in [1.29, 1.82) is 0 Å². The zero-order chi connectivity index (χ0) is 16.3. The van der Waals surface area contributed by atoms with E-state index in [1.165, 1.54) is 18.4 Å². The van der Waals surface area contributed by atoms with Crippen molar-refractivity contribution in [3.63, 3.8) is 0 Å². The summed E-state index contributed by atoms with van der Waals surface area (Å²) in [5.41, 5.74) is 2.61. The zero-order valence-electron chi connectivity index (χ0n) is 13.9. The molecule has 0 spiro atoms. The summed E-state index contributed by atoms with van der Waals surface area (Å²) in [5.74, 6) is 0.805. The number of aryl methyl sites for hydroxylation is 1. The van der Waals surface area contributed by atoms with Crippen molar-refractivity contribution < 1.29 is 0 Å². The van der Waals surface area contributed by atoms with Gasteiger partial charge in [-0.1, -0.05) is 23.7 Å². The van der Waals surface area contributed by atoms with Crippen LogP contribution in [0.4, 0.5) is 0 Å². The van der Waals surface area contributed by atoms with E-state index in [0.717, 1.165) is 23.2 Å². The average molecular weight is 460 g/mol. The number of rotatable bonds is 5. The summed E-state index contributed by atoms with van der Waals surface area (Å²) in [4.78, 5) is 4.30. The molecule has 0 saturated heterocycles. The van der Waals surface area contributed by atoms with E-state index in [-0.39, 0.29) is 29.4 Å². The van der Waals surface area contributed by atoms with E-state index in [4.69, 9.17) is 11.6 Å². The molecule has 0 amide bonds. The van der Waals surface area contributed by atoms with E-state index in [9.17, 15) is 0 Å². The number of hydrogen-bond donors (Lipinski definition) is 2. The Balaban J connectivity index is 0.00000208. The normalized spacial score (nSPS) is 15.5. The molecule has 7 heteroatoms. The molecule has 2 N–H and O–H groups in total. The van der Waals surface area contributed by atoms with Gasteiger partial charge in [-0.25, -0.2) is 0 Å². The van der Waals surface area contributed by atoms with Gasteiger partial charge in [-0.15, -0.1) is 24.0 Å². The molecule has 3 rings (SSSR count). The van der Waals surface area contributed by atoms with Crippen LogP contribution in [0, 0.1) is 0 Å². The fourth-order valence-electron chi connectivity index (χ4n) is 2.76. The van der Waals surface area contributed by atoms with Crippen molar-refractivity contribution in [3.05, 3.63) is 52.8 Å². The Bertz CT molecular complexity index is 709. The summed E-state index contributed by atoms with van der Waals surface area (Å²) in [7, 11) is 3.73. The maximum atomic E-state index is 6.13. The fraction of sp³-hybridized carbons (Fsp3) is 0.412. The van der Waals surface area contributed by atoms with E-state index >= 15 is 0 Å². The predicted molar refractivity (Wildman–Crippen MR) is 109 cm³/mol. The molecule has 2 aromatic rings. The number of benzene rings is 1. The van der Waals surface area contributed by atoms with Crippen LogP contribution in [-0.2, 0) is 19.0 Å². The second-order valence-corrected chi connectivity index (χ2v) is 6.45. The third-order valence-electron chi connectivity index (χ3n) is 4.47. The molecule has 0 aliphatic heterocycles. The number of aliphatic imine (C=N–C) groups is 1. The Labute approximate surface area is 164 Å². The van der Waals surface area contributed by atoms with Crippen LogP contribution in [0.5, 0.6) is 0 Å². The van der Waals surface area contributed by atoms with Gasteiger partial charge in [0.2, 0.25) is 0 Å². The smallest absolute Gasteiger partial charge is 0.191 e. The van der Waals surface area contributed by atoms with Crippen molar-refractivity contribution in [2.45, 2.75) is 24.8 Å². The van der Waals surface area contributed by atoms with Gasteiger partial charge in [-0.05, 0) is 36.6 Å². The summed E-state index contributed by atoms with van der Waals surface area (Å²) in [6, 6.07) is 10.2. The van der Waals surface area contributed by atoms with Gasteiger partial charge in [0, 0.05) is 37.3 Å². The number of nitrogens with zero attached hydrogens (tertiary/aromatic N) is 3. The lowest BCUT2D eigenvalue weighted by atomic mass is 9.96. The van der Waals surface area contributed by atoms with E-state index < -0.39 is 0 Å². The number of guanidine groups is 1. The molecule has 130 valence electrons. The molecule has 5 nitrogen and oxygen atoms in total. The molecule has 1 aromatic heterocycles. The lowest BCUT2D eigenvalue weighted by molar-refractivity contribution is 0.637. The minimum atomic E-state index is 0. The summed E-state index contributed by atoms with van der Waals surface area (Å²) >= 11 is 6.13. The van der Waals surface area contributed by atoms with Crippen molar-refractivity contribution >= 4 is 41.5 Å². The van der Waals surface area contributed by atoms with Gasteiger partial charge in [-0.2, -0.15) is 5.10 Å². The number of halogens is 2. The Kier molecular flexibility index (Phi) is 6.51. The summed E-state index contributed by atoms with van der Waals surface area (Å²) in [6.07, 6.45) is 4.16. The van der Waals surface area contributed by atoms with Crippen molar-refractivity contribution in [1.82, 2.24) is 20.4 Å². The van der Waals surface area contributed by atoms with Crippen LogP contribution in [0.3, 0.4) is 0 Å². The molecular formula is C17H23ClIN5. The van der Waals surface area contributed by atoms with Gasteiger partial charge in [-0.3, -0.25) is 9.67 Å². The number of aromatic nitrogens is 2. The summed E-state index contributed by atoms with van der Waals surface area (Å²) in [6.45, 7) is 1.55. The Hall–Kier alpha value is -1.28. The Morgan fingerprint density at radius 3 is 2.71 bits per heavy atom. The predicted octanol–water partition coefficient (Wildman–Crippen LogP) is 3.09. The van der Waals surface area contributed by atoms with Gasteiger partial charge in [0.05, 0.1) is 12.2 Å². The monoisotopic (exact) mass is 459 g/mol. The molecule has 0 radical (unpaired) electrons. The van der Waals surface area contributed by atoms with E-state index in [1.54, 1.807) is 13.2 Å². The maximum absolute atomic E-state index is 6.13. The van der Waals surface area contributed by atoms with E-state index in [0.29, 0.717) is 6.54 Å². The molecule has 1 fully saturated rings. The molecular weight excluding hydrogens is 437 g/mol. The first-order valence-corrected chi connectivity index (χ1v) is 8.18. The summed E-state index contributed by atoms with van der Waals surface area (Å²) in [5, 5.41) is 11.7. The quantitative estimate of drug-likeness (QED) is 0.410. The van der Waals surface area contributed by atoms with Crippen LogP contribution in [-0.4, -0.2) is 29.3 Å². The lowest BCUT2D eigenvalue weighted by Gasteiger charge is -2.19. The van der Waals surface area contributed by atoms with E-state index in [1.807, 2.05) is 29.9 Å².